The Hall–Kier alpha value is -1.95. The van der Waals surface area contributed by atoms with Crippen LogP contribution in [0.2, 0.25) is 5.02 Å². The molecule has 0 radical (unpaired) electrons. The average Bonchev–Trinajstić information content (AvgIpc) is 2.77. The van der Waals surface area contributed by atoms with E-state index < -0.39 is 17.2 Å². The number of aromatic carboxylic acids is 1. The zero-order valence-corrected chi connectivity index (χ0v) is 11.9. The molecule has 0 bridgehead atoms. The summed E-state index contributed by atoms with van der Waals surface area (Å²) in [6.45, 7) is 5.64. The van der Waals surface area contributed by atoms with Gasteiger partial charge in [0, 0.05) is 5.41 Å². The lowest BCUT2D eigenvalue weighted by Crippen LogP contribution is -2.18. The third-order valence-corrected chi connectivity index (χ3v) is 2.91. The minimum Gasteiger partial charge on any atom is -0.475 e. The van der Waals surface area contributed by atoms with E-state index in [1.54, 1.807) is 0 Å². The van der Waals surface area contributed by atoms with Gasteiger partial charge in [-0.1, -0.05) is 32.4 Å². The fourth-order valence-electron chi connectivity index (χ4n) is 1.68. The van der Waals surface area contributed by atoms with Crippen molar-refractivity contribution in [3.05, 3.63) is 40.7 Å². The zero-order valence-electron chi connectivity index (χ0n) is 11.2. The molecule has 0 aliphatic rings. The second-order valence-electron chi connectivity index (χ2n) is 5.32. The van der Waals surface area contributed by atoms with Crippen molar-refractivity contribution in [2.75, 3.05) is 0 Å². The Bertz CT molecular complexity index is 677. The highest BCUT2D eigenvalue weighted by molar-refractivity contribution is 6.30. The minimum atomic E-state index is -1.22. The number of carboxylic acid groups (broad SMARTS) is 1. The second-order valence-corrected chi connectivity index (χ2v) is 5.73. The number of rotatable bonds is 2. The van der Waals surface area contributed by atoms with Gasteiger partial charge in [-0.25, -0.2) is 18.9 Å². The fourth-order valence-corrected chi connectivity index (χ4v) is 1.86. The van der Waals surface area contributed by atoms with E-state index in [2.05, 4.69) is 10.1 Å². The quantitative estimate of drug-likeness (QED) is 0.925. The molecule has 1 aromatic heterocycles. The first-order valence-electron chi connectivity index (χ1n) is 5.86. The topological polar surface area (TPSA) is 68.0 Å². The van der Waals surface area contributed by atoms with E-state index in [-0.39, 0.29) is 10.8 Å². The first-order valence-corrected chi connectivity index (χ1v) is 6.24. The minimum absolute atomic E-state index is 0.0604. The van der Waals surface area contributed by atoms with Gasteiger partial charge in [0.1, 0.15) is 11.6 Å². The standard InChI is InChI=1S/C13H13ClFN3O2/c1-13(2,3)12-16-10(11(19)20)17-18(12)7-4-5-9(15)8(14)6-7/h4-6H,1-3H3,(H,19,20). The molecule has 0 aliphatic heterocycles. The van der Waals surface area contributed by atoms with Crippen molar-refractivity contribution in [1.29, 1.82) is 0 Å². The van der Waals surface area contributed by atoms with Gasteiger partial charge in [0.05, 0.1) is 10.7 Å². The van der Waals surface area contributed by atoms with E-state index in [1.807, 2.05) is 20.8 Å². The molecule has 0 spiro atoms. The van der Waals surface area contributed by atoms with Crippen LogP contribution in [-0.2, 0) is 5.41 Å². The van der Waals surface area contributed by atoms with Gasteiger partial charge >= 0.3 is 5.97 Å². The van der Waals surface area contributed by atoms with E-state index in [4.69, 9.17) is 16.7 Å². The Kier molecular flexibility index (Phi) is 3.52. The summed E-state index contributed by atoms with van der Waals surface area (Å²) in [6.07, 6.45) is 0. The van der Waals surface area contributed by atoms with E-state index in [1.165, 1.54) is 22.9 Å². The molecule has 0 saturated heterocycles. The maximum absolute atomic E-state index is 13.2. The third kappa shape index (κ3) is 2.65. The van der Waals surface area contributed by atoms with Crippen LogP contribution < -0.4 is 0 Å². The third-order valence-electron chi connectivity index (χ3n) is 2.62. The van der Waals surface area contributed by atoms with Crippen molar-refractivity contribution in [2.45, 2.75) is 26.2 Å². The van der Waals surface area contributed by atoms with Gasteiger partial charge in [0.2, 0.25) is 0 Å². The lowest BCUT2D eigenvalue weighted by atomic mass is 9.95. The van der Waals surface area contributed by atoms with Crippen molar-refractivity contribution in [2.24, 2.45) is 0 Å². The summed E-state index contributed by atoms with van der Waals surface area (Å²) in [6, 6.07) is 4.05. The molecule has 5 nitrogen and oxygen atoms in total. The highest BCUT2D eigenvalue weighted by atomic mass is 35.5. The number of aromatic nitrogens is 3. The van der Waals surface area contributed by atoms with Gasteiger partial charge in [-0.2, -0.15) is 0 Å². The van der Waals surface area contributed by atoms with Gasteiger partial charge in [0.15, 0.2) is 0 Å². The van der Waals surface area contributed by atoms with Crippen molar-refractivity contribution in [1.82, 2.24) is 14.8 Å². The number of nitrogens with zero attached hydrogens (tertiary/aromatic N) is 3. The number of benzene rings is 1. The lowest BCUT2D eigenvalue weighted by molar-refractivity contribution is 0.0683. The highest BCUT2D eigenvalue weighted by Crippen LogP contribution is 2.25. The normalized spacial score (nSPS) is 11.7. The monoisotopic (exact) mass is 297 g/mol. The Balaban J connectivity index is 2.65. The molecule has 0 atom stereocenters. The van der Waals surface area contributed by atoms with E-state index in [0.717, 1.165) is 0 Å². The van der Waals surface area contributed by atoms with Gasteiger partial charge in [-0.05, 0) is 18.2 Å². The van der Waals surface area contributed by atoms with Crippen LogP contribution in [0, 0.1) is 5.82 Å². The van der Waals surface area contributed by atoms with Crippen LogP contribution in [0.15, 0.2) is 18.2 Å². The van der Waals surface area contributed by atoms with Gasteiger partial charge in [-0.15, -0.1) is 5.10 Å². The van der Waals surface area contributed by atoms with Gasteiger partial charge in [-0.3, -0.25) is 0 Å². The molecule has 2 aromatic rings. The predicted molar refractivity (Wildman–Crippen MR) is 72.0 cm³/mol. The summed E-state index contributed by atoms with van der Waals surface area (Å²) in [4.78, 5) is 15.0. The Morgan fingerprint density at radius 2 is 2.05 bits per heavy atom. The van der Waals surface area contributed by atoms with Crippen molar-refractivity contribution >= 4 is 17.6 Å². The second kappa shape index (κ2) is 4.86. The first-order chi connectivity index (χ1) is 9.20. The van der Waals surface area contributed by atoms with Crippen LogP contribution in [0.1, 0.15) is 37.2 Å². The molecule has 2 rings (SSSR count). The van der Waals surface area contributed by atoms with Gasteiger partial charge < -0.3 is 5.11 Å². The molecular weight excluding hydrogens is 285 g/mol. The number of hydrogen-bond donors (Lipinski definition) is 1. The molecule has 7 heteroatoms. The van der Waals surface area contributed by atoms with Crippen molar-refractivity contribution in [3.63, 3.8) is 0 Å². The van der Waals surface area contributed by atoms with E-state index >= 15 is 0 Å². The molecule has 0 amide bonds. The maximum atomic E-state index is 13.2. The van der Waals surface area contributed by atoms with Crippen LogP contribution in [-0.4, -0.2) is 25.8 Å². The van der Waals surface area contributed by atoms with Gasteiger partial charge in [0.25, 0.3) is 5.82 Å². The Morgan fingerprint density at radius 1 is 1.40 bits per heavy atom. The summed E-state index contributed by atoms with van der Waals surface area (Å²) in [5.74, 6) is -1.62. The average molecular weight is 298 g/mol. The largest absolute Gasteiger partial charge is 0.475 e. The van der Waals surface area contributed by atoms with Crippen LogP contribution >= 0.6 is 11.6 Å². The number of carboxylic acids is 1. The molecule has 0 aliphatic carbocycles. The fraction of sp³-hybridized carbons (Fsp3) is 0.308. The van der Waals surface area contributed by atoms with Crippen molar-refractivity contribution < 1.29 is 14.3 Å². The first kappa shape index (κ1) is 14.5. The molecule has 0 unspecified atom stereocenters. The van der Waals surface area contributed by atoms with E-state index in [0.29, 0.717) is 11.5 Å². The highest BCUT2D eigenvalue weighted by Gasteiger charge is 2.26. The van der Waals surface area contributed by atoms with Crippen molar-refractivity contribution in [3.8, 4) is 5.69 Å². The number of carbonyl (C=O) groups is 1. The molecule has 1 N–H and O–H groups in total. The molecule has 106 valence electrons. The Labute approximate surface area is 120 Å². The summed E-state index contributed by atoms with van der Waals surface area (Å²) in [5, 5.41) is 12.9. The van der Waals surface area contributed by atoms with E-state index in [9.17, 15) is 9.18 Å². The maximum Gasteiger partial charge on any atom is 0.375 e. The van der Waals surface area contributed by atoms with Crippen LogP contribution in [0.5, 0.6) is 0 Å². The number of hydrogen-bond acceptors (Lipinski definition) is 3. The summed E-state index contributed by atoms with van der Waals surface area (Å²) in [7, 11) is 0. The SMILES string of the molecule is CC(C)(C)c1nc(C(=O)O)nn1-c1ccc(F)c(Cl)c1. The van der Waals surface area contributed by atoms with Crippen LogP contribution in [0.3, 0.4) is 0 Å². The molecule has 20 heavy (non-hydrogen) atoms. The lowest BCUT2D eigenvalue weighted by Gasteiger charge is -2.18. The summed E-state index contributed by atoms with van der Waals surface area (Å²) in [5.41, 5.74) is 0.0306. The Morgan fingerprint density at radius 3 is 2.55 bits per heavy atom. The molecule has 0 fully saturated rings. The molecule has 1 aromatic carbocycles. The molecule has 0 saturated carbocycles. The molecular formula is C13H13ClFN3O2. The van der Waals surface area contributed by atoms with Crippen LogP contribution in [0.4, 0.5) is 4.39 Å². The van der Waals surface area contributed by atoms with Crippen LogP contribution in [0.25, 0.3) is 5.69 Å². The predicted octanol–water partition coefficient (Wildman–Crippen LogP) is 3.06. The summed E-state index contributed by atoms with van der Waals surface area (Å²) < 4.78 is 14.6. The summed E-state index contributed by atoms with van der Waals surface area (Å²) >= 11 is 5.75. The molecule has 1 heterocycles. The zero-order chi connectivity index (χ0) is 15.1. The smallest absolute Gasteiger partial charge is 0.375 e. The number of halogens is 2.